The van der Waals surface area contributed by atoms with E-state index in [1.807, 2.05) is 15.5 Å². The molecule has 4 rings (SSSR count). The Labute approximate surface area is 199 Å². The molecule has 0 atom stereocenters. The fraction of sp³-hybridized carbons (Fsp3) is 0.455. The largest absolute Gasteiger partial charge is 0.345 e. The normalized spacial score (nSPS) is 17.7. The minimum Gasteiger partial charge on any atom is -0.345 e. The number of nitrogens with zero attached hydrogens (tertiary/aromatic N) is 3. The minimum absolute atomic E-state index is 0.0329. The number of benzene rings is 1. The van der Waals surface area contributed by atoms with Crippen molar-refractivity contribution >= 4 is 46.5 Å². The van der Waals surface area contributed by atoms with Crippen molar-refractivity contribution in [3.05, 3.63) is 58.4 Å². The lowest BCUT2D eigenvalue weighted by Crippen LogP contribution is -2.56. The molecule has 1 aliphatic heterocycles. The predicted molar refractivity (Wildman–Crippen MR) is 119 cm³/mol. The van der Waals surface area contributed by atoms with Gasteiger partial charge in [0.2, 0.25) is 5.78 Å². The van der Waals surface area contributed by atoms with Crippen molar-refractivity contribution in [1.82, 2.24) is 14.4 Å². The summed E-state index contributed by atoms with van der Waals surface area (Å²) in [6, 6.07) is 5.64. The molecule has 0 N–H and O–H groups in total. The van der Waals surface area contributed by atoms with Crippen molar-refractivity contribution < 1.29 is 18.4 Å². The molecule has 0 unspecified atom stereocenters. The van der Waals surface area contributed by atoms with Crippen LogP contribution in [0, 0.1) is 11.6 Å². The molecule has 0 saturated heterocycles. The van der Waals surface area contributed by atoms with E-state index in [0.29, 0.717) is 18.8 Å². The van der Waals surface area contributed by atoms with Gasteiger partial charge in [-0.25, -0.2) is 8.78 Å². The number of aromatic nitrogens is 1. The summed E-state index contributed by atoms with van der Waals surface area (Å²) in [5, 5.41) is 0. The lowest BCUT2D eigenvalue weighted by molar-refractivity contribution is -0.0229. The first kappa shape index (κ1) is 23.5. The summed E-state index contributed by atoms with van der Waals surface area (Å²) in [6.07, 6.45) is 2.54. The number of amides is 1. The lowest BCUT2D eigenvalue weighted by Gasteiger charge is -2.53. The van der Waals surface area contributed by atoms with Gasteiger partial charge in [-0.15, -0.1) is 0 Å². The number of carbonyl (C=O) groups is 2. The monoisotopic (exact) mass is 503 g/mol. The van der Waals surface area contributed by atoms with Crippen LogP contribution in [0.25, 0.3) is 0 Å². The number of rotatable bonds is 4. The molecule has 1 amide bonds. The van der Waals surface area contributed by atoms with Crippen LogP contribution in [0.3, 0.4) is 0 Å². The van der Waals surface area contributed by atoms with Crippen LogP contribution in [-0.4, -0.2) is 50.5 Å². The standard InChI is InChI=1S/C22H22Cl3F2N3O2/c1-28(2)20(32)13-10-15(26)14(16(27)11-13)12-29-8-9-30-17(19(31)22(23,24)25)4-5-18(30)21(29)6-3-7-21/h4-5,10-11H,3,6-9,12H2,1-2H3. The Bertz CT molecular complexity index is 1070. The van der Waals surface area contributed by atoms with Crippen molar-refractivity contribution in [2.75, 3.05) is 20.6 Å². The third kappa shape index (κ3) is 3.83. The molecule has 32 heavy (non-hydrogen) atoms. The highest BCUT2D eigenvalue weighted by molar-refractivity contribution is 6.77. The van der Waals surface area contributed by atoms with Crippen LogP contribution in [-0.2, 0) is 18.6 Å². The van der Waals surface area contributed by atoms with E-state index in [-0.39, 0.29) is 17.7 Å². The van der Waals surface area contributed by atoms with Gasteiger partial charge in [-0.05, 0) is 43.5 Å². The molecule has 2 aromatic rings. The summed E-state index contributed by atoms with van der Waals surface area (Å²) in [4.78, 5) is 28.0. The molecule has 5 nitrogen and oxygen atoms in total. The lowest BCUT2D eigenvalue weighted by atomic mass is 9.71. The van der Waals surface area contributed by atoms with E-state index in [0.717, 1.165) is 37.1 Å². The summed E-state index contributed by atoms with van der Waals surface area (Å²) in [6.45, 7) is 0.943. The van der Waals surface area contributed by atoms with Crippen LogP contribution < -0.4 is 0 Å². The molecule has 172 valence electrons. The maximum atomic E-state index is 14.9. The summed E-state index contributed by atoms with van der Waals surface area (Å²) in [7, 11) is 3.05. The average Bonchev–Trinajstić information content (AvgIpc) is 3.10. The second kappa shape index (κ2) is 8.28. The van der Waals surface area contributed by atoms with Gasteiger partial charge in [0.15, 0.2) is 0 Å². The molecular weight excluding hydrogens is 483 g/mol. The van der Waals surface area contributed by atoms with Crippen molar-refractivity contribution in [3.63, 3.8) is 0 Å². The molecule has 1 fully saturated rings. The predicted octanol–water partition coefficient (Wildman–Crippen LogP) is 4.92. The van der Waals surface area contributed by atoms with Crippen LogP contribution in [0.2, 0.25) is 0 Å². The Morgan fingerprint density at radius 1 is 1.09 bits per heavy atom. The topological polar surface area (TPSA) is 45.6 Å². The van der Waals surface area contributed by atoms with Crippen LogP contribution >= 0.6 is 34.8 Å². The Morgan fingerprint density at radius 3 is 2.22 bits per heavy atom. The van der Waals surface area contributed by atoms with Gasteiger partial charge in [0.25, 0.3) is 9.70 Å². The average molecular weight is 505 g/mol. The van der Waals surface area contributed by atoms with Crippen LogP contribution in [0.15, 0.2) is 24.3 Å². The summed E-state index contributed by atoms with van der Waals surface area (Å²) in [5.41, 5.74) is 0.641. The van der Waals surface area contributed by atoms with E-state index in [1.54, 1.807) is 6.07 Å². The second-order valence-electron chi connectivity index (χ2n) is 8.51. The fourth-order valence-corrected chi connectivity index (χ4v) is 4.99. The zero-order chi connectivity index (χ0) is 23.4. The molecule has 0 radical (unpaired) electrons. The fourth-order valence-electron chi connectivity index (χ4n) is 4.70. The second-order valence-corrected chi connectivity index (χ2v) is 10.8. The maximum Gasteiger partial charge on any atom is 0.255 e. The van der Waals surface area contributed by atoms with Crippen molar-refractivity contribution in [3.8, 4) is 0 Å². The first-order chi connectivity index (χ1) is 15.0. The highest BCUT2D eigenvalue weighted by Gasteiger charge is 2.49. The summed E-state index contributed by atoms with van der Waals surface area (Å²) in [5.74, 6) is -2.57. The minimum atomic E-state index is -2.06. The van der Waals surface area contributed by atoms with Crippen LogP contribution in [0.5, 0.6) is 0 Å². The number of alkyl halides is 3. The van der Waals surface area contributed by atoms with E-state index >= 15 is 0 Å². The zero-order valence-electron chi connectivity index (χ0n) is 17.6. The Hall–Kier alpha value is -1.67. The summed E-state index contributed by atoms with van der Waals surface area (Å²) >= 11 is 17.4. The van der Waals surface area contributed by atoms with E-state index < -0.39 is 32.7 Å². The van der Waals surface area contributed by atoms with Crippen molar-refractivity contribution in [2.24, 2.45) is 0 Å². The SMILES string of the molecule is CN(C)C(=O)c1cc(F)c(CN2CCn3c(C(=O)C(Cl)(Cl)Cl)ccc3C23CCC3)c(F)c1. The Morgan fingerprint density at radius 2 is 1.72 bits per heavy atom. The number of Topliss-reactive ketones (excluding diaryl/α,β-unsaturated/α-hetero) is 1. The van der Waals surface area contributed by atoms with E-state index in [4.69, 9.17) is 34.8 Å². The number of hydrogen-bond acceptors (Lipinski definition) is 3. The third-order valence-corrected chi connectivity index (χ3v) is 6.99. The maximum absolute atomic E-state index is 14.9. The molecule has 1 spiro atoms. The molecular formula is C22H22Cl3F2N3O2. The van der Waals surface area contributed by atoms with Crippen LogP contribution in [0.1, 0.15) is 51.4 Å². The van der Waals surface area contributed by atoms with Gasteiger partial charge in [-0.1, -0.05) is 34.8 Å². The van der Waals surface area contributed by atoms with E-state index in [9.17, 15) is 18.4 Å². The molecule has 1 aliphatic carbocycles. The molecule has 1 aromatic carbocycles. The molecule has 2 heterocycles. The highest BCUT2D eigenvalue weighted by atomic mass is 35.6. The quantitative estimate of drug-likeness (QED) is 0.439. The van der Waals surface area contributed by atoms with Gasteiger partial charge >= 0.3 is 0 Å². The number of fused-ring (bicyclic) bond motifs is 2. The Balaban J connectivity index is 1.66. The molecule has 2 aliphatic rings. The van der Waals surface area contributed by atoms with Crippen molar-refractivity contribution in [2.45, 2.75) is 41.7 Å². The molecule has 1 aromatic heterocycles. The Kier molecular flexibility index (Phi) is 6.07. The van der Waals surface area contributed by atoms with E-state index in [2.05, 4.69) is 0 Å². The smallest absolute Gasteiger partial charge is 0.255 e. The third-order valence-electron chi connectivity index (χ3n) is 6.47. The molecule has 1 saturated carbocycles. The van der Waals surface area contributed by atoms with Crippen molar-refractivity contribution in [1.29, 1.82) is 0 Å². The summed E-state index contributed by atoms with van der Waals surface area (Å²) < 4.78 is 29.5. The van der Waals surface area contributed by atoms with Gasteiger partial charge in [0.05, 0.1) is 11.2 Å². The van der Waals surface area contributed by atoms with Gasteiger partial charge in [0, 0.05) is 50.6 Å². The number of halogens is 5. The number of ketones is 1. The van der Waals surface area contributed by atoms with Gasteiger partial charge in [-0.2, -0.15) is 0 Å². The number of hydrogen-bond donors (Lipinski definition) is 0. The van der Waals surface area contributed by atoms with Gasteiger partial charge in [0.1, 0.15) is 11.6 Å². The molecule has 10 heteroatoms. The van der Waals surface area contributed by atoms with Crippen LogP contribution in [0.4, 0.5) is 8.78 Å². The highest BCUT2D eigenvalue weighted by Crippen LogP contribution is 2.50. The molecule has 0 bridgehead atoms. The van der Waals surface area contributed by atoms with Gasteiger partial charge in [-0.3, -0.25) is 14.5 Å². The van der Waals surface area contributed by atoms with Gasteiger partial charge < -0.3 is 9.47 Å². The first-order valence-electron chi connectivity index (χ1n) is 10.2. The zero-order valence-corrected chi connectivity index (χ0v) is 19.9. The number of carbonyl (C=O) groups excluding carboxylic acids is 2. The van der Waals surface area contributed by atoms with E-state index in [1.165, 1.54) is 19.0 Å². The first-order valence-corrected chi connectivity index (χ1v) is 11.4.